The van der Waals surface area contributed by atoms with Crippen LogP contribution in [0.2, 0.25) is 5.02 Å². The quantitative estimate of drug-likeness (QED) is 0.445. The van der Waals surface area contributed by atoms with Gasteiger partial charge in [0.05, 0.1) is 10.6 Å². The third-order valence-corrected chi connectivity index (χ3v) is 5.26. The first kappa shape index (κ1) is 24.8. The van der Waals surface area contributed by atoms with Crippen LogP contribution in [0.5, 0.6) is 0 Å². The van der Waals surface area contributed by atoms with Gasteiger partial charge < -0.3 is 9.47 Å². The third kappa shape index (κ3) is 5.55. The molecular formula is C24H26ClF3N4O. The molecule has 0 bridgehead atoms. The van der Waals surface area contributed by atoms with Gasteiger partial charge in [0, 0.05) is 32.5 Å². The van der Waals surface area contributed by atoms with Crippen LogP contribution >= 0.6 is 11.6 Å². The molecule has 33 heavy (non-hydrogen) atoms. The van der Waals surface area contributed by atoms with Crippen molar-refractivity contribution in [3.05, 3.63) is 70.3 Å². The molecule has 0 spiro atoms. The van der Waals surface area contributed by atoms with Crippen molar-refractivity contribution < 1.29 is 18.0 Å². The van der Waals surface area contributed by atoms with Crippen LogP contribution in [-0.4, -0.2) is 38.9 Å². The van der Waals surface area contributed by atoms with Gasteiger partial charge in [-0.25, -0.2) is 9.97 Å². The SMILES string of the molecule is Cc1c(-c2ncc(Cl)cn2)c(C(=O)N(C)CC(C)(C)C)n(Cc2ccccc2)c1C(F)(F)F. The molecule has 5 nitrogen and oxygen atoms in total. The first-order valence-corrected chi connectivity index (χ1v) is 10.7. The van der Waals surface area contributed by atoms with Crippen molar-refractivity contribution in [2.45, 2.75) is 40.4 Å². The largest absolute Gasteiger partial charge is 0.431 e. The van der Waals surface area contributed by atoms with Crippen LogP contribution < -0.4 is 0 Å². The Kier molecular flexibility index (Phi) is 6.88. The number of halogens is 4. The number of aromatic nitrogens is 3. The van der Waals surface area contributed by atoms with Crippen LogP contribution in [0.3, 0.4) is 0 Å². The highest BCUT2D eigenvalue weighted by Crippen LogP contribution is 2.41. The zero-order valence-corrected chi connectivity index (χ0v) is 19.9. The minimum atomic E-state index is -4.69. The Labute approximate surface area is 196 Å². The second kappa shape index (κ2) is 9.17. The van der Waals surface area contributed by atoms with Gasteiger partial charge in [0.1, 0.15) is 11.4 Å². The Morgan fingerprint density at radius 3 is 2.18 bits per heavy atom. The number of hydrogen-bond donors (Lipinski definition) is 0. The topological polar surface area (TPSA) is 51.0 Å². The standard InChI is InChI=1S/C24H26ClF3N4O/c1-15-18(21-29-11-17(25)12-30-21)19(22(33)31(5)14-23(2,3)4)32(20(15)24(26,27)28)13-16-9-7-6-8-10-16/h6-12H,13-14H2,1-5H3. The first-order valence-electron chi connectivity index (χ1n) is 10.4. The molecule has 3 aromatic rings. The average molecular weight is 479 g/mol. The zero-order chi connectivity index (χ0) is 24.6. The Balaban J connectivity index is 2.32. The van der Waals surface area contributed by atoms with Crippen molar-refractivity contribution in [2.24, 2.45) is 5.41 Å². The highest BCUT2D eigenvalue weighted by Gasteiger charge is 2.42. The van der Waals surface area contributed by atoms with E-state index < -0.39 is 17.8 Å². The van der Waals surface area contributed by atoms with E-state index in [0.29, 0.717) is 12.1 Å². The van der Waals surface area contributed by atoms with Crippen molar-refractivity contribution >= 4 is 17.5 Å². The summed E-state index contributed by atoms with van der Waals surface area (Å²) < 4.78 is 44.0. The second-order valence-electron chi connectivity index (χ2n) is 9.21. The summed E-state index contributed by atoms with van der Waals surface area (Å²) in [5.74, 6) is -0.519. The fourth-order valence-electron chi connectivity index (χ4n) is 3.94. The summed E-state index contributed by atoms with van der Waals surface area (Å²) in [6.07, 6.45) is -2.09. The van der Waals surface area contributed by atoms with E-state index in [1.54, 1.807) is 37.4 Å². The molecule has 0 unspecified atom stereocenters. The Bertz CT molecular complexity index is 1130. The lowest BCUT2D eigenvalue weighted by Gasteiger charge is -2.27. The molecular weight excluding hydrogens is 453 g/mol. The van der Waals surface area contributed by atoms with Gasteiger partial charge >= 0.3 is 6.18 Å². The molecule has 0 fully saturated rings. The maximum Gasteiger partial charge on any atom is 0.431 e. The molecule has 0 atom stereocenters. The lowest BCUT2D eigenvalue weighted by Crippen LogP contribution is -2.36. The molecule has 2 aromatic heterocycles. The first-order chi connectivity index (χ1) is 15.3. The van der Waals surface area contributed by atoms with Crippen LogP contribution in [0, 0.1) is 12.3 Å². The maximum atomic E-state index is 14.3. The van der Waals surface area contributed by atoms with Crippen molar-refractivity contribution in [1.29, 1.82) is 0 Å². The van der Waals surface area contributed by atoms with Gasteiger partial charge in [-0.1, -0.05) is 62.7 Å². The number of benzene rings is 1. The number of alkyl halides is 3. The minimum absolute atomic E-state index is 0.0155. The van der Waals surface area contributed by atoms with E-state index in [0.717, 1.165) is 4.57 Å². The van der Waals surface area contributed by atoms with Crippen molar-refractivity contribution in [2.75, 3.05) is 13.6 Å². The van der Waals surface area contributed by atoms with Crippen LogP contribution in [-0.2, 0) is 12.7 Å². The van der Waals surface area contributed by atoms with Crippen molar-refractivity contribution in [1.82, 2.24) is 19.4 Å². The Morgan fingerprint density at radius 2 is 1.67 bits per heavy atom. The van der Waals surface area contributed by atoms with E-state index >= 15 is 0 Å². The minimum Gasteiger partial charge on any atom is -0.340 e. The van der Waals surface area contributed by atoms with E-state index in [-0.39, 0.29) is 39.6 Å². The van der Waals surface area contributed by atoms with Crippen LogP contribution in [0.4, 0.5) is 13.2 Å². The normalized spacial score (nSPS) is 12.2. The summed E-state index contributed by atoms with van der Waals surface area (Å²) in [5, 5.41) is 0.244. The molecule has 0 aliphatic heterocycles. The molecule has 0 aliphatic rings. The summed E-state index contributed by atoms with van der Waals surface area (Å²) in [4.78, 5) is 23.4. The predicted molar refractivity (Wildman–Crippen MR) is 122 cm³/mol. The molecule has 0 saturated carbocycles. The Morgan fingerprint density at radius 1 is 1.09 bits per heavy atom. The lowest BCUT2D eigenvalue weighted by atomic mass is 9.96. The van der Waals surface area contributed by atoms with E-state index in [2.05, 4.69) is 9.97 Å². The van der Waals surface area contributed by atoms with Gasteiger partial charge in [0.2, 0.25) is 0 Å². The predicted octanol–water partition coefficient (Wildman–Crippen LogP) is 6.09. The van der Waals surface area contributed by atoms with Gasteiger partial charge in [0.25, 0.3) is 5.91 Å². The number of nitrogens with zero attached hydrogens (tertiary/aromatic N) is 4. The van der Waals surface area contributed by atoms with Crippen LogP contribution in [0.25, 0.3) is 11.4 Å². The summed E-state index contributed by atoms with van der Waals surface area (Å²) in [6, 6.07) is 8.72. The molecule has 1 amide bonds. The highest BCUT2D eigenvalue weighted by molar-refractivity contribution is 6.30. The lowest BCUT2D eigenvalue weighted by molar-refractivity contribution is -0.143. The molecule has 176 valence electrons. The number of amides is 1. The van der Waals surface area contributed by atoms with E-state index in [4.69, 9.17) is 11.6 Å². The number of carbonyl (C=O) groups excluding carboxylic acids is 1. The molecule has 0 N–H and O–H groups in total. The third-order valence-electron chi connectivity index (χ3n) is 5.06. The maximum absolute atomic E-state index is 14.3. The smallest absolute Gasteiger partial charge is 0.340 e. The van der Waals surface area contributed by atoms with E-state index in [9.17, 15) is 18.0 Å². The molecule has 2 heterocycles. The summed E-state index contributed by atoms with van der Waals surface area (Å²) >= 11 is 5.90. The molecule has 1 aromatic carbocycles. The molecule has 0 aliphatic carbocycles. The summed E-state index contributed by atoms with van der Waals surface area (Å²) in [6.45, 7) is 7.43. The number of rotatable bonds is 5. The van der Waals surface area contributed by atoms with E-state index in [1.165, 1.54) is 24.2 Å². The van der Waals surface area contributed by atoms with E-state index in [1.807, 2.05) is 20.8 Å². The molecule has 0 saturated heterocycles. The van der Waals surface area contributed by atoms with Crippen LogP contribution in [0.1, 0.15) is 48.1 Å². The number of carbonyl (C=O) groups is 1. The summed E-state index contributed by atoms with van der Waals surface area (Å²) in [5.41, 5.74) is -0.659. The van der Waals surface area contributed by atoms with Crippen molar-refractivity contribution in [3.8, 4) is 11.4 Å². The number of hydrogen-bond acceptors (Lipinski definition) is 3. The molecule has 0 radical (unpaired) electrons. The fourth-order valence-corrected chi connectivity index (χ4v) is 4.03. The second-order valence-corrected chi connectivity index (χ2v) is 9.65. The van der Waals surface area contributed by atoms with Crippen LogP contribution in [0.15, 0.2) is 42.7 Å². The monoisotopic (exact) mass is 478 g/mol. The van der Waals surface area contributed by atoms with Gasteiger partial charge in [-0.2, -0.15) is 13.2 Å². The summed E-state index contributed by atoms with van der Waals surface area (Å²) in [7, 11) is 1.59. The average Bonchev–Trinajstić information content (AvgIpc) is 2.99. The zero-order valence-electron chi connectivity index (χ0n) is 19.2. The van der Waals surface area contributed by atoms with Gasteiger partial charge in [-0.15, -0.1) is 0 Å². The Hall–Kier alpha value is -2.87. The highest BCUT2D eigenvalue weighted by atomic mass is 35.5. The van der Waals surface area contributed by atoms with Gasteiger partial charge in [-0.3, -0.25) is 4.79 Å². The fraction of sp³-hybridized carbons (Fsp3) is 0.375. The van der Waals surface area contributed by atoms with Gasteiger partial charge in [0.15, 0.2) is 5.82 Å². The van der Waals surface area contributed by atoms with Crippen molar-refractivity contribution in [3.63, 3.8) is 0 Å². The molecule has 9 heteroatoms. The molecule has 3 rings (SSSR count). The van der Waals surface area contributed by atoms with Gasteiger partial charge in [-0.05, 0) is 23.5 Å².